The number of aryl methyl sites for hydroxylation is 1. The zero-order valence-electron chi connectivity index (χ0n) is 10.7. The Morgan fingerprint density at radius 3 is 2.47 bits per heavy atom. The van der Waals surface area contributed by atoms with Crippen LogP contribution >= 0.6 is 0 Å². The van der Waals surface area contributed by atoms with Crippen molar-refractivity contribution in [2.45, 2.75) is 25.1 Å². The summed E-state index contributed by atoms with van der Waals surface area (Å²) in [6.45, 7) is 4.48. The van der Waals surface area contributed by atoms with Crippen molar-refractivity contribution in [3.05, 3.63) is 35.4 Å². The van der Waals surface area contributed by atoms with E-state index in [4.69, 9.17) is 10.5 Å². The zero-order chi connectivity index (χ0) is 12.8. The minimum Gasteiger partial charge on any atom is -0.384 e. The number of rotatable bonds is 6. The summed E-state index contributed by atoms with van der Waals surface area (Å²) in [7, 11) is 0.662. The molecule has 1 rings (SSSR count). The summed E-state index contributed by atoms with van der Waals surface area (Å²) in [5, 5.41) is -0.0622. The van der Waals surface area contributed by atoms with E-state index in [-0.39, 0.29) is 11.3 Å². The smallest absolute Gasteiger partial charge is 0.0577 e. The summed E-state index contributed by atoms with van der Waals surface area (Å²) in [4.78, 5) is 0. The molecule has 0 heterocycles. The molecule has 0 aliphatic heterocycles. The van der Waals surface area contributed by atoms with Crippen molar-refractivity contribution in [1.29, 1.82) is 0 Å². The van der Waals surface area contributed by atoms with Gasteiger partial charge in [0.25, 0.3) is 0 Å². The highest BCUT2D eigenvalue weighted by Gasteiger charge is 2.20. The second-order valence-corrected chi connectivity index (χ2v) is 6.13. The molecule has 4 heteroatoms. The van der Waals surface area contributed by atoms with Crippen molar-refractivity contribution >= 4 is 10.8 Å². The fraction of sp³-hybridized carbons (Fsp3) is 0.538. The molecular weight excluding hydrogens is 234 g/mol. The lowest BCUT2D eigenvalue weighted by molar-refractivity contribution is 0.218. The maximum absolute atomic E-state index is 11.9. The lowest BCUT2D eigenvalue weighted by atomic mass is 10.0. The highest BCUT2D eigenvalue weighted by Crippen LogP contribution is 2.18. The first kappa shape index (κ1) is 14.4. The molecule has 96 valence electrons. The van der Waals surface area contributed by atoms with Crippen LogP contribution in [0.15, 0.2) is 24.3 Å². The van der Waals surface area contributed by atoms with E-state index >= 15 is 0 Å². The molecule has 0 aromatic heterocycles. The van der Waals surface area contributed by atoms with E-state index in [2.05, 4.69) is 0 Å². The van der Waals surface area contributed by atoms with Crippen LogP contribution in [-0.4, -0.2) is 28.9 Å². The van der Waals surface area contributed by atoms with Gasteiger partial charge in [-0.25, -0.2) is 0 Å². The molecule has 0 bridgehead atoms. The Morgan fingerprint density at radius 2 is 1.94 bits per heavy atom. The number of benzene rings is 1. The first-order valence-electron chi connectivity index (χ1n) is 5.74. The monoisotopic (exact) mass is 255 g/mol. The maximum Gasteiger partial charge on any atom is 0.0577 e. The number of ether oxygens (including phenoxy) is 1. The summed E-state index contributed by atoms with van der Waals surface area (Å²) >= 11 is 0. The standard InChI is InChI=1S/C13H21NO2S/c1-10-4-6-12(7-5-10)13(14)11(2)17(15)9-8-16-3/h4-7,11,13H,8-9,14H2,1-3H3. The van der Waals surface area contributed by atoms with Gasteiger partial charge in [-0.2, -0.15) is 0 Å². The van der Waals surface area contributed by atoms with Crippen molar-refractivity contribution in [2.24, 2.45) is 5.73 Å². The van der Waals surface area contributed by atoms with E-state index in [1.54, 1.807) is 7.11 Å². The Labute approximate surface area is 106 Å². The van der Waals surface area contributed by atoms with Crippen LogP contribution in [0.3, 0.4) is 0 Å². The van der Waals surface area contributed by atoms with Gasteiger partial charge in [-0.15, -0.1) is 0 Å². The van der Waals surface area contributed by atoms with Crippen molar-refractivity contribution in [3.8, 4) is 0 Å². The average molecular weight is 255 g/mol. The Kier molecular flexibility index (Phi) is 5.82. The van der Waals surface area contributed by atoms with Gasteiger partial charge in [0, 0.05) is 29.7 Å². The van der Waals surface area contributed by atoms with Crippen LogP contribution in [0, 0.1) is 6.92 Å². The van der Waals surface area contributed by atoms with E-state index in [0.717, 1.165) is 5.56 Å². The number of hydrogen-bond acceptors (Lipinski definition) is 3. The Hall–Kier alpha value is -0.710. The molecule has 0 saturated heterocycles. The molecule has 2 N–H and O–H groups in total. The largest absolute Gasteiger partial charge is 0.384 e. The third-order valence-electron chi connectivity index (χ3n) is 2.87. The van der Waals surface area contributed by atoms with Gasteiger partial charge in [0.05, 0.1) is 11.9 Å². The first-order valence-corrected chi connectivity index (χ1v) is 7.12. The van der Waals surface area contributed by atoms with Crippen LogP contribution in [0.2, 0.25) is 0 Å². The Balaban J connectivity index is 2.65. The average Bonchev–Trinajstić information content (AvgIpc) is 2.35. The molecule has 0 fully saturated rings. The molecule has 0 aliphatic carbocycles. The van der Waals surface area contributed by atoms with E-state index in [9.17, 15) is 4.21 Å². The highest BCUT2D eigenvalue weighted by atomic mass is 32.2. The second kappa shape index (κ2) is 6.89. The second-order valence-electron chi connectivity index (χ2n) is 4.22. The van der Waals surface area contributed by atoms with Gasteiger partial charge in [0.15, 0.2) is 0 Å². The minimum absolute atomic E-state index is 0.0622. The summed E-state index contributed by atoms with van der Waals surface area (Å²) in [6.07, 6.45) is 0. The molecule has 0 spiro atoms. The predicted octanol–water partition coefficient (Wildman–Crippen LogP) is 1.78. The van der Waals surface area contributed by atoms with Crippen LogP contribution in [0.5, 0.6) is 0 Å². The maximum atomic E-state index is 11.9. The number of nitrogens with two attached hydrogens (primary N) is 1. The molecule has 0 amide bonds. The first-order chi connectivity index (χ1) is 8.06. The quantitative estimate of drug-likeness (QED) is 0.843. The van der Waals surface area contributed by atoms with E-state index in [1.165, 1.54) is 5.56 Å². The van der Waals surface area contributed by atoms with Gasteiger partial charge in [0.1, 0.15) is 0 Å². The van der Waals surface area contributed by atoms with Crippen LogP contribution in [-0.2, 0) is 15.5 Å². The third kappa shape index (κ3) is 4.22. The lowest BCUT2D eigenvalue weighted by Gasteiger charge is -2.19. The van der Waals surface area contributed by atoms with Gasteiger partial charge in [0.2, 0.25) is 0 Å². The molecule has 0 radical (unpaired) electrons. The minimum atomic E-state index is -0.951. The van der Waals surface area contributed by atoms with Crippen LogP contribution in [0.1, 0.15) is 24.1 Å². The normalized spacial score (nSPS) is 16.5. The van der Waals surface area contributed by atoms with Crippen molar-refractivity contribution in [3.63, 3.8) is 0 Å². The SMILES string of the molecule is COCCS(=O)C(C)C(N)c1ccc(C)cc1. The van der Waals surface area contributed by atoms with E-state index < -0.39 is 10.8 Å². The summed E-state index contributed by atoms with van der Waals surface area (Å²) in [5.74, 6) is 0.539. The predicted molar refractivity (Wildman–Crippen MR) is 72.5 cm³/mol. The summed E-state index contributed by atoms with van der Waals surface area (Å²) < 4.78 is 16.9. The van der Waals surface area contributed by atoms with Crippen LogP contribution in [0.25, 0.3) is 0 Å². The number of hydrogen-bond donors (Lipinski definition) is 1. The summed E-state index contributed by atoms with van der Waals surface area (Å²) in [5.41, 5.74) is 8.37. The van der Waals surface area contributed by atoms with Gasteiger partial charge in [-0.05, 0) is 19.4 Å². The molecule has 3 atom stereocenters. The molecule has 1 aromatic rings. The molecule has 3 nitrogen and oxygen atoms in total. The number of methoxy groups -OCH3 is 1. The Morgan fingerprint density at radius 1 is 1.35 bits per heavy atom. The van der Waals surface area contributed by atoms with Gasteiger partial charge < -0.3 is 10.5 Å². The zero-order valence-corrected chi connectivity index (χ0v) is 11.5. The lowest BCUT2D eigenvalue weighted by Crippen LogP contribution is -2.29. The molecular formula is C13H21NO2S. The summed E-state index contributed by atoms with van der Waals surface area (Å²) in [6, 6.07) is 7.88. The Bertz CT molecular complexity index is 364. The fourth-order valence-corrected chi connectivity index (χ4v) is 2.76. The molecule has 17 heavy (non-hydrogen) atoms. The molecule has 0 saturated carbocycles. The highest BCUT2D eigenvalue weighted by molar-refractivity contribution is 7.85. The topological polar surface area (TPSA) is 52.3 Å². The van der Waals surface area contributed by atoms with Crippen LogP contribution < -0.4 is 5.73 Å². The van der Waals surface area contributed by atoms with E-state index in [1.807, 2.05) is 38.1 Å². The fourth-order valence-electron chi connectivity index (χ4n) is 1.57. The van der Waals surface area contributed by atoms with Crippen molar-refractivity contribution in [2.75, 3.05) is 19.5 Å². The van der Waals surface area contributed by atoms with Crippen molar-refractivity contribution in [1.82, 2.24) is 0 Å². The van der Waals surface area contributed by atoms with Crippen molar-refractivity contribution < 1.29 is 8.95 Å². The van der Waals surface area contributed by atoms with E-state index in [0.29, 0.717) is 12.4 Å². The molecule has 0 aliphatic rings. The van der Waals surface area contributed by atoms with Gasteiger partial charge >= 0.3 is 0 Å². The molecule has 1 aromatic carbocycles. The molecule has 3 unspecified atom stereocenters. The van der Waals surface area contributed by atoms with Crippen LogP contribution in [0.4, 0.5) is 0 Å². The third-order valence-corrected chi connectivity index (χ3v) is 4.56. The van der Waals surface area contributed by atoms with Gasteiger partial charge in [-0.1, -0.05) is 29.8 Å². The van der Waals surface area contributed by atoms with Gasteiger partial charge in [-0.3, -0.25) is 4.21 Å².